The fraction of sp³-hybridized carbons (Fsp3) is 0.727. The van der Waals surface area contributed by atoms with Crippen LogP contribution in [-0.4, -0.2) is 31.2 Å². The maximum atomic E-state index is 11.4. The second kappa shape index (κ2) is 6.58. The Morgan fingerprint density at radius 2 is 2.13 bits per heavy atom. The van der Waals surface area contributed by atoms with Gasteiger partial charge in [-0.15, -0.1) is 6.58 Å². The molecular formula is C11H20N2O2. The van der Waals surface area contributed by atoms with E-state index in [1.54, 1.807) is 6.08 Å². The topological polar surface area (TPSA) is 64.3 Å². The van der Waals surface area contributed by atoms with Gasteiger partial charge in [-0.3, -0.25) is 4.79 Å². The molecule has 0 spiro atoms. The van der Waals surface area contributed by atoms with Crippen LogP contribution < -0.4 is 11.1 Å². The molecule has 4 heteroatoms. The summed E-state index contributed by atoms with van der Waals surface area (Å²) in [6.07, 6.45) is 5.59. The third-order valence-electron chi connectivity index (χ3n) is 2.61. The quantitative estimate of drug-likeness (QED) is 0.517. The first-order chi connectivity index (χ1) is 7.22. The maximum Gasteiger partial charge on any atom is 0.246 e. The van der Waals surface area contributed by atoms with Gasteiger partial charge in [-0.05, 0) is 25.7 Å². The van der Waals surface area contributed by atoms with Crippen molar-refractivity contribution in [2.75, 3.05) is 13.2 Å². The molecule has 1 saturated carbocycles. The molecule has 0 aromatic carbocycles. The summed E-state index contributed by atoms with van der Waals surface area (Å²) in [5, 5.41) is 2.94. The molecule has 0 heterocycles. The van der Waals surface area contributed by atoms with Crippen molar-refractivity contribution in [2.24, 2.45) is 5.73 Å². The second-order valence-electron chi connectivity index (χ2n) is 3.98. The Labute approximate surface area is 90.9 Å². The maximum absolute atomic E-state index is 11.4. The van der Waals surface area contributed by atoms with E-state index in [-0.39, 0.29) is 18.6 Å². The van der Waals surface area contributed by atoms with Gasteiger partial charge in [-0.25, -0.2) is 0 Å². The second-order valence-corrected chi connectivity index (χ2v) is 3.98. The number of ether oxygens (including phenoxy) is 1. The zero-order valence-electron chi connectivity index (χ0n) is 9.08. The Kier molecular flexibility index (Phi) is 5.36. The van der Waals surface area contributed by atoms with E-state index >= 15 is 0 Å². The molecule has 3 N–H and O–H groups in total. The van der Waals surface area contributed by atoms with Crippen LogP contribution in [-0.2, 0) is 9.53 Å². The number of amides is 1. The molecule has 0 saturated heterocycles. The first-order valence-corrected chi connectivity index (χ1v) is 5.46. The fourth-order valence-corrected chi connectivity index (χ4v) is 1.77. The summed E-state index contributed by atoms with van der Waals surface area (Å²) in [5.41, 5.74) is 5.78. The summed E-state index contributed by atoms with van der Waals surface area (Å²) >= 11 is 0. The Morgan fingerprint density at radius 3 is 2.73 bits per heavy atom. The van der Waals surface area contributed by atoms with Crippen molar-refractivity contribution >= 4 is 5.91 Å². The van der Waals surface area contributed by atoms with Crippen LogP contribution in [0.25, 0.3) is 0 Å². The van der Waals surface area contributed by atoms with Gasteiger partial charge in [-0.2, -0.15) is 0 Å². The Bertz CT molecular complexity index is 211. The molecule has 0 unspecified atom stereocenters. The standard InChI is InChI=1S/C11H20N2O2/c1-2-7-15-8-11(14)13-10-5-3-9(12)4-6-10/h2,9-10H,1,3-8,12H2,(H,13,14). The third-order valence-corrected chi connectivity index (χ3v) is 2.61. The van der Waals surface area contributed by atoms with Gasteiger partial charge in [-0.1, -0.05) is 6.08 Å². The lowest BCUT2D eigenvalue weighted by Gasteiger charge is -2.26. The van der Waals surface area contributed by atoms with Crippen molar-refractivity contribution in [2.45, 2.75) is 37.8 Å². The van der Waals surface area contributed by atoms with Crippen molar-refractivity contribution in [3.05, 3.63) is 12.7 Å². The van der Waals surface area contributed by atoms with Gasteiger partial charge < -0.3 is 15.8 Å². The van der Waals surface area contributed by atoms with E-state index in [2.05, 4.69) is 11.9 Å². The lowest BCUT2D eigenvalue weighted by molar-refractivity contribution is -0.126. The molecule has 0 aromatic rings. The molecule has 1 rings (SSSR count). The Hall–Kier alpha value is -0.870. The minimum Gasteiger partial charge on any atom is -0.368 e. The average Bonchev–Trinajstić information content (AvgIpc) is 2.22. The summed E-state index contributed by atoms with van der Waals surface area (Å²) in [7, 11) is 0. The summed E-state index contributed by atoms with van der Waals surface area (Å²) in [6.45, 7) is 4.05. The predicted molar refractivity (Wildman–Crippen MR) is 59.4 cm³/mol. The minimum absolute atomic E-state index is 0.0441. The lowest BCUT2D eigenvalue weighted by Crippen LogP contribution is -2.41. The van der Waals surface area contributed by atoms with Crippen LogP contribution in [0, 0.1) is 0 Å². The van der Waals surface area contributed by atoms with Crippen molar-refractivity contribution < 1.29 is 9.53 Å². The van der Waals surface area contributed by atoms with Crippen molar-refractivity contribution in [1.82, 2.24) is 5.32 Å². The summed E-state index contributed by atoms with van der Waals surface area (Å²) < 4.78 is 5.05. The van der Waals surface area contributed by atoms with E-state index in [1.165, 1.54) is 0 Å². The largest absolute Gasteiger partial charge is 0.368 e. The van der Waals surface area contributed by atoms with Crippen molar-refractivity contribution in [3.8, 4) is 0 Å². The highest BCUT2D eigenvalue weighted by molar-refractivity contribution is 5.77. The molecule has 0 aliphatic heterocycles. The molecule has 15 heavy (non-hydrogen) atoms. The number of carbonyl (C=O) groups is 1. The number of nitrogens with one attached hydrogen (secondary N) is 1. The highest BCUT2D eigenvalue weighted by Gasteiger charge is 2.19. The van der Waals surface area contributed by atoms with Crippen LogP contribution in [0.5, 0.6) is 0 Å². The van der Waals surface area contributed by atoms with Gasteiger partial charge in [0.05, 0.1) is 6.61 Å². The Balaban J connectivity index is 2.12. The molecule has 0 aromatic heterocycles. The summed E-state index contributed by atoms with van der Waals surface area (Å²) in [6, 6.07) is 0.597. The third kappa shape index (κ3) is 4.95. The average molecular weight is 212 g/mol. The van der Waals surface area contributed by atoms with Crippen molar-refractivity contribution in [3.63, 3.8) is 0 Å². The number of hydrogen-bond donors (Lipinski definition) is 2. The molecule has 0 atom stereocenters. The molecule has 4 nitrogen and oxygen atoms in total. The van der Waals surface area contributed by atoms with E-state index in [0.717, 1.165) is 25.7 Å². The number of hydrogen-bond acceptors (Lipinski definition) is 3. The molecule has 1 aliphatic carbocycles. The van der Waals surface area contributed by atoms with Crippen LogP contribution in [0.15, 0.2) is 12.7 Å². The first-order valence-electron chi connectivity index (χ1n) is 5.46. The SMILES string of the molecule is C=CCOCC(=O)NC1CCC(N)CC1. The molecule has 0 bridgehead atoms. The van der Waals surface area contributed by atoms with Gasteiger partial charge >= 0.3 is 0 Å². The molecule has 1 aliphatic rings. The van der Waals surface area contributed by atoms with Crippen LogP contribution in [0.2, 0.25) is 0 Å². The van der Waals surface area contributed by atoms with E-state index in [4.69, 9.17) is 10.5 Å². The number of carbonyl (C=O) groups excluding carboxylic acids is 1. The van der Waals surface area contributed by atoms with E-state index in [1.807, 2.05) is 0 Å². The van der Waals surface area contributed by atoms with Gasteiger partial charge in [0.25, 0.3) is 0 Å². The number of rotatable bonds is 5. The smallest absolute Gasteiger partial charge is 0.246 e. The van der Waals surface area contributed by atoms with Crippen LogP contribution in [0.4, 0.5) is 0 Å². The minimum atomic E-state index is -0.0441. The van der Waals surface area contributed by atoms with Gasteiger partial charge in [0.15, 0.2) is 0 Å². The Morgan fingerprint density at radius 1 is 1.47 bits per heavy atom. The van der Waals surface area contributed by atoms with E-state index < -0.39 is 0 Å². The fourth-order valence-electron chi connectivity index (χ4n) is 1.77. The normalized spacial score (nSPS) is 25.9. The first kappa shape index (κ1) is 12.2. The monoisotopic (exact) mass is 212 g/mol. The van der Waals surface area contributed by atoms with E-state index in [9.17, 15) is 4.79 Å². The highest BCUT2D eigenvalue weighted by Crippen LogP contribution is 2.16. The van der Waals surface area contributed by atoms with E-state index in [0.29, 0.717) is 12.6 Å². The lowest BCUT2D eigenvalue weighted by atomic mass is 9.92. The molecule has 86 valence electrons. The van der Waals surface area contributed by atoms with Crippen LogP contribution >= 0.6 is 0 Å². The predicted octanol–water partition coefficient (Wildman–Crippen LogP) is 0.575. The zero-order chi connectivity index (χ0) is 11.1. The van der Waals surface area contributed by atoms with Crippen LogP contribution in [0.3, 0.4) is 0 Å². The zero-order valence-corrected chi connectivity index (χ0v) is 9.08. The van der Waals surface area contributed by atoms with Crippen LogP contribution in [0.1, 0.15) is 25.7 Å². The molecule has 1 fully saturated rings. The molecule has 0 radical (unpaired) electrons. The molecular weight excluding hydrogens is 192 g/mol. The van der Waals surface area contributed by atoms with Gasteiger partial charge in [0, 0.05) is 12.1 Å². The molecule has 1 amide bonds. The van der Waals surface area contributed by atoms with Crippen molar-refractivity contribution in [1.29, 1.82) is 0 Å². The van der Waals surface area contributed by atoms with Gasteiger partial charge in [0.2, 0.25) is 5.91 Å². The number of nitrogens with two attached hydrogens (primary N) is 1. The highest BCUT2D eigenvalue weighted by atomic mass is 16.5. The summed E-state index contributed by atoms with van der Waals surface area (Å²) in [5.74, 6) is -0.0441. The summed E-state index contributed by atoms with van der Waals surface area (Å²) in [4.78, 5) is 11.4. The van der Waals surface area contributed by atoms with Gasteiger partial charge in [0.1, 0.15) is 6.61 Å².